The molecule has 3 aromatic rings. The minimum absolute atomic E-state index is 0.569. The molecule has 2 heterocycles. The van der Waals surface area contributed by atoms with Gasteiger partial charge in [0.15, 0.2) is 6.10 Å². The average Bonchev–Trinajstić information content (AvgIpc) is 3.00. The molecule has 2 aromatic carbocycles. The van der Waals surface area contributed by atoms with Gasteiger partial charge in [0.1, 0.15) is 12.4 Å². The van der Waals surface area contributed by atoms with Gasteiger partial charge in [-0.05, 0) is 58.7 Å². The van der Waals surface area contributed by atoms with Crippen molar-refractivity contribution >= 4 is 16.9 Å². The largest absolute Gasteiger partial charge is 0.489 e. The van der Waals surface area contributed by atoms with Crippen molar-refractivity contribution in [2.75, 3.05) is 6.61 Å². The zero-order valence-electron chi connectivity index (χ0n) is 18.5. The predicted molar refractivity (Wildman–Crippen MR) is 118 cm³/mol. The molecule has 5 nitrogen and oxygen atoms in total. The molecule has 1 aliphatic rings. The number of ether oxygens (including phenoxy) is 2. The molecule has 0 aliphatic carbocycles. The van der Waals surface area contributed by atoms with Crippen molar-refractivity contribution < 1.29 is 19.4 Å². The first-order valence-electron chi connectivity index (χ1n) is 10.3. The number of aryl methyl sites for hydroxylation is 2. The van der Waals surface area contributed by atoms with Crippen molar-refractivity contribution in [3.05, 3.63) is 52.7 Å². The molecule has 0 spiro atoms. The molecule has 0 fully saturated rings. The second kappa shape index (κ2) is 7.17. The Hall–Kier alpha value is -2.79. The fourth-order valence-electron chi connectivity index (χ4n) is 4.39. The first-order chi connectivity index (χ1) is 14.1. The van der Waals surface area contributed by atoms with Gasteiger partial charge in [0.2, 0.25) is 0 Å². The topological polar surface area (TPSA) is 60.7 Å². The zero-order chi connectivity index (χ0) is 21.8. The Bertz CT molecular complexity index is 1130. The quantitative estimate of drug-likeness (QED) is 0.614. The number of aromatic nitrogens is 1. The Kier molecular flexibility index (Phi) is 4.89. The number of hydrogen-bond acceptors (Lipinski definition) is 3. The Morgan fingerprint density at radius 2 is 1.83 bits per heavy atom. The Balaban J connectivity index is 2.13. The van der Waals surface area contributed by atoms with E-state index in [1.807, 2.05) is 34.6 Å². The molecule has 30 heavy (non-hydrogen) atoms. The molecule has 5 heteroatoms. The summed E-state index contributed by atoms with van der Waals surface area (Å²) in [7, 11) is 0. The van der Waals surface area contributed by atoms with Crippen molar-refractivity contribution in [2.45, 2.75) is 59.8 Å². The lowest BCUT2D eigenvalue weighted by Gasteiger charge is -2.30. The third-order valence-electron chi connectivity index (χ3n) is 5.66. The highest BCUT2D eigenvalue weighted by Gasteiger charge is 2.35. The van der Waals surface area contributed by atoms with Crippen molar-refractivity contribution in [1.82, 2.24) is 4.57 Å². The van der Waals surface area contributed by atoms with Crippen molar-refractivity contribution in [2.24, 2.45) is 0 Å². The molecule has 0 radical (unpaired) electrons. The van der Waals surface area contributed by atoms with Crippen molar-refractivity contribution in [3.8, 4) is 16.9 Å². The molecule has 1 aromatic heterocycles. The summed E-state index contributed by atoms with van der Waals surface area (Å²) in [5, 5.41) is 11.2. The van der Waals surface area contributed by atoms with Gasteiger partial charge in [0.05, 0.1) is 17.7 Å². The summed E-state index contributed by atoms with van der Waals surface area (Å²) < 4.78 is 14.4. The summed E-state index contributed by atoms with van der Waals surface area (Å²) in [5.74, 6) is -0.237. The molecule has 4 rings (SSSR count). The maximum absolute atomic E-state index is 12.4. The fourth-order valence-corrected chi connectivity index (χ4v) is 4.39. The van der Waals surface area contributed by atoms with Gasteiger partial charge >= 0.3 is 5.97 Å². The molecule has 1 N–H and O–H groups in total. The average molecular weight is 408 g/mol. The van der Waals surface area contributed by atoms with E-state index in [4.69, 9.17) is 9.47 Å². The smallest absolute Gasteiger partial charge is 0.337 e. The third kappa shape index (κ3) is 3.37. The number of carboxylic acids is 1. The van der Waals surface area contributed by atoms with Crippen LogP contribution in [0.5, 0.6) is 5.75 Å². The van der Waals surface area contributed by atoms with E-state index in [1.54, 1.807) is 0 Å². The Labute approximate surface area is 177 Å². The highest BCUT2D eigenvalue weighted by Crippen LogP contribution is 2.47. The van der Waals surface area contributed by atoms with Gasteiger partial charge in [-0.15, -0.1) is 0 Å². The number of hydrogen-bond donors (Lipinski definition) is 1. The number of aliphatic carboxylic acids is 1. The lowest BCUT2D eigenvalue weighted by atomic mass is 9.88. The monoisotopic (exact) mass is 407 g/mol. The number of rotatable bonds is 4. The standard InChI is InChI=1S/C25H29NO4/c1-14-7-9-17(10-8-14)20-18-13-15(2)26-11-12-29-22(21(18)26)16(3)19(20)23(24(27)28)30-25(4,5)6/h7-10,13,23H,11-12H2,1-6H3,(H,27,28)/t23-/m0/s1. The molecule has 0 saturated carbocycles. The molecule has 0 bridgehead atoms. The number of carboxylic acid groups (broad SMARTS) is 1. The van der Waals surface area contributed by atoms with E-state index in [-0.39, 0.29) is 0 Å². The van der Waals surface area contributed by atoms with Gasteiger partial charge in [0, 0.05) is 22.2 Å². The van der Waals surface area contributed by atoms with E-state index in [1.165, 1.54) is 0 Å². The lowest BCUT2D eigenvalue weighted by Crippen LogP contribution is -2.28. The van der Waals surface area contributed by atoms with E-state index >= 15 is 0 Å². The van der Waals surface area contributed by atoms with Crippen LogP contribution in [0.15, 0.2) is 30.3 Å². The molecule has 0 amide bonds. The highest BCUT2D eigenvalue weighted by atomic mass is 16.5. The van der Waals surface area contributed by atoms with E-state index < -0.39 is 17.7 Å². The Morgan fingerprint density at radius 1 is 1.17 bits per heavy atom. The van der Waals surface area contributed by atoms with Crippen LogP contribution < -0.4 is 4.74 Å². The predicted octanol–water partition coefficient (Wildman–Crippen LogP) is 5.57. The summed E-state index contributed by atoms with van der Waals surface area (Å²) in [6.07, 6.45) is -1.10. The van der Waals surface area contributed by atoms with Crippen molar-refractivity contribution in [3.63, 3.8) is 0 Å². The van der Waals surface area contributed by atoms with Gasteiger partial charge in [0.25, 0.3) is 0 Å². The first kappa shape index (κ1) is 20.5. The summed E-state index contributed by atoms with van der Waals surface area (Å²) in [5.41, 5.74) is 6.11. The van der Waals surface area contributed by atoms with Gasteiger partial charge in [-0.1, -0.05) is 29.8 Å². The Morgan fingerprint density at radius 3 is 2.43 bits per heavy atom. The summed E-state index contributed by atoms with van der Waals surface area (Å²) in [4.78, 5) is 12.4. The van der Waals surface area contributed by atoms with Crippen LogP contribution in [0.25, 0.3) is 22.0 Å². The maximum Gasteiger partial charge on any atom is 0.337 e. The maximum atomic E-state index is 12.4. The van der Waals surface area contributed by atoms with Crippen LogP contribution in [0.3, 0.4) is 0 Å². The van der Waals surface area contributed by atoms with Crippen LogP contribution in [0.1, 0.15) is 49.3 Å². The van der Waals surface area contributed by atoms with Gasteiger partial charge in [-0.2, -0.15) is 0 Å². The third-order valence-corrected chi connectivity index (χ3v) is 5.66. The molecule has 0 saturated heterocycles. The van der Waals surface area contributed by atoms with E-state index in [0.29, 0.717) is 12.2 Å². The van der Waals surface area contributed by atoms with Gasteiger partial charge < -0.3 is 19.1 Å². The normalized spacial score (nSPS) is 14.6. The number of carbonyl (C=O) groups is 1. The minimum atomic E-state index is -1.10. The van der Waals surface area contributed by atoms with Gasteiger partial charge in [-0.3, -0.25) is 0 Å². The first-order valence-corrected chi connectivity index (χ1v) is 10.3. The van der Waals surface area contributed by atoms with E-state index in [9.17, 15) is 9.90 Å². The van der Waals surface area contributed by atoms with Crippen LogP contribution in [0, 0.1) is 20.8 Å². The summed E-state index contributed by atoms with van der Waals surface area (Å²) in [6, 6.07) is 10.4. The highest BCUT2D eigenvalue weighted by molar-refractivity contribution is 6.04. The van der Waals surface area contributed by atoms with Crippen LogP contribution in [-0.4, -0.2) is 27.9 Å². The molecule has 158 valence electrons. The van der Waals surface area contributed by atoms with Gasteiger partial charge in [-0.25, -0.2) is 4.79 Å². The summed E-state index contributed by atoms with van der Waals surface area (Å²) >= 11 is 0. The van der Waals surface area contributed by atoms with E-state index in [0.717, 1.165) is 51.1 Å². The van der Waals surface area contributed by atoms with Crippen LogP contribution in [0.4, 0.5) is 0 Å². The fraction of sp³-hybridized carbons (Fsp3) is 0.400. The second-order valence-corrected chi connectivity index (χ2v) is 9.11. The second-order valence-electron chi connectivity index (χ2n) is 9.11. The van der Waals surface area contributed by atoms with E-state index in [2.05, 4.69) is 41.8 Å². The molecule has 1 atom stereocenters. The molecule has 0 unspecified atom stereocenters. The minimum Gasteiger partial charge on any atom is -0.489 e. The summed E-state index contributed by atoms with van der Waals surface area (Å²) in [6.45, 7) is 13.1. The van der Waals surface area contributed by atoms with Crippen LogP contribution in [0.2, 0.25) is 0 Å². The van der Waals surface area contributed by atoms with Crippen LogP contribution >= 0.6 is 0 Å². The lowest BCUT2D eigenvalue weighted by molar-refractivity contribution is -0.160. The molecular weight excluding hydrogens is 378 g/mol. The SMILES string of the molecule is Cc1ccc(-c2c([C@H](OC(C)(C)C)C(=O)O)c(C)c3c4c2cc(C)n4CCO3)cc1. The van der Waals surface area contributed by atoms with Crippen molar-refractivity contribution in [1.29, 1.82) is 0 Å². The zero-order valence-corrected chi connectivity index (χ0v) is 18.5. The van der Waals surface area contributed by atoms with Crippen LogP contribution in [-0.2, 0) is 16.1 Å². The number of benzene rings is 2. The number of nitrogens with zero attached hydrogens (tertiary/aromatic N) is 1. The molecule has 1 aliphatic heterocycles. The molecular formula is C25H29NO4.